The van der Waals surface area contributed by atoms with Crippen molar-refractivity contribution in [3.8, 4) is 0 Å². The smallest absolute Gasteiger partial charge is 0.185 e. The highest BCUT2D eigenvalue weighted by Gasteiger charge is 2.17. The monoisotopic (exact) mass is 293 g/mol. The highest BCUT2D eigenvalue weighted by Crippen LogP contribution is 2.31. The fraction of sp³-hybridized carbons (Fsp3) is 0.571. The molecule has 2 heterocycles. The van der Waals surface area contributed by atoms with E-state index in [9.17, 15) is 0 Å². The van der Waals surface area contributed by atoms with Crippen LogP contribution in [0.4, 0.5) is 5.13 Å². The summed E-state index contributed by atoms with van der Waals surface area (Å²) < 4.78 is 1.82. The molecule has 110 valence electrons. The molecule has 0 radical (unpaired) electrons. The zero-order chi connectivity index (χ0) is 14.7. The van der Waals surface area contributed by atoms with Crippen molar-refractivity contribution >= 4 is 16.5 Å². The molecule has 0 fully saturated rings. The van der Waals surface area contributed by atoms with Crippen LogP contribution in [-0.2, 0) is 20.1 Å². The number of aromatic nitrogens is 3. The predicted octanol–water partition coefficient (Wildman–Crippen LogP) is 2.49. The molecule has 2 aromatic rings. The molecular formula is C14H23N5S. The molecule has 0 aliphatic carbocycles. The van der Waals surface area contributed by atoms with Crippen molar-refractivity contribution < 1.29 is 0 Å². The van der Waals surface area contributed by atoms with E-state index >= 15 is 0 Å². The number of nitrogens with two attached hydrogens (primary N) is 1. The van der Waals surface area contributed by atoms with Gasteiger partial charge in [-0.1, -0.05) is 13.8 Å². The minimum Gasteiger partial charge on any atom is -0.347 e. The minimum atomic E-state index is 0.463. The highest BCUT2D eigenvalue weighted by atomic mass is 32.1. The van der Waals surface area contributed by atoms with Gasteiger partial charge in [0.15, 0.2) is 5.13 Å². The Labute approximate surface area is 124 Å². The van der Waals surface area contributed by atoms with Crippen LogP contribution in [0.25, 0.3) is 0 Å². The van der Waals surface area contributed by atoms with Crippen LogP contribution in [0.1, 0.15) is 42.3 Å². The largest absolute Gasteiger partial charge is 0.347 e. The Bertz CT molecular complexity index is 560. The number of anilines is 1. The first-order valence-corrected chi connectivity index (χ1v) is 7.75. The van der Waals surface area contributed by atoms with Crippen LogP contribution in [0, 0.1) is 0 Å². The number of hydrogen-bond donors (Lipinski definition) is 1. The van der Waals surface area contributed by atoms with Crippen molar-refractivity contribution in [2.75, 3.05) is 11.9 Å². The standard InChI is InChI=1S/C14H23N5S/c1-5-10(2)13-12(6-15)20-14(17-13)18(3)8-11-7-16-19(4)9-11/h7,9-10H,5-6,8,15H2,1-4H3. The zero-order valence-electron chi connectivity index (χ0n) is 12.6. The number of hydrogen-bond acceptors (Lipinski definition) is 5. The summed E-state index contributed by atoms with van der Waals surface area (Å²) in [5.74, 6) is 0.463. The molecule has 2 rings (SSSR count). The van der Waals surface area contributed by atoms with E-state index in [4.69, 9.17) is 10.7 Å². The zero-order valence-corrected chi connectivity index (χ0v) is 13.4. The first kappa shape index (κ1) is 15.0. The van der Waals surface area contributed by atoms with Gasteiger partial charge in [0.2, 0.25) is 0 Å². The van der Waals surface area contributed by atoms with Gasteiger partial charge in [-0.3, -0.25) is 4.68 Å². The third kappa shape index (κ3) is 3.19. The van der Waals surface area contributed by atoms with Crippen molar-refractivity contribution in [2.24, 2.45) is 12.8 Å². The number of nitrogens with zero attached hydrogens (tertiary/aromatic N) is 4. The van der Waals surface area contributed by atoms with Gasteiger partial charge in [0.05, 0.1) is 11.9 Å². The summed E-state index contributed by atoms with van der Waals surface area (Å²) in [6, 6.07) is 0. The SMILES string of the molecule is CCC(C)c1nc(N(C)Cc2cnn(C)c2)sc1CN. The molecule has 1 atom stereocenters. The quantitative estimate of drug-likeness (QED) is 0.889. The lowest BCUT2D eigenvalue weighted by Gasteiger charge is -2.14. The summed E-state index contributed by atoms with van der Waals surface area (Å²) in [5.41, 5.74) is 8.20. The summed E-state index contributed by atoms with van der Waals surface area (Å²) in [6.45, 7) is 5.77. The van der Waals surface area contributed by atoms with E-state index in [1.54, 1.807) is 11.3 Å². The molecule has 2 N–H and O–H groups in total. The van der Waals surface area contributed by atoms with Gasteiger partial charge in [-0.15, -0.1) is 11.3 Å². The van der Waals surface area contributed by atoms with Crippen molar-refractivity contribution in [2.45, 2.75) is 39.3 Å². The molecule has 0 saturated heterocycles. The van der Waals surface area contributed by atoms with E-state index in [1.165, 1.54) is 10.4 Å². The summed E-state index contributed by atoms with van der Waals surface area (Å²) >= 11 is 1.70. The van der Waals surface area contributed by atoms with Crippen molar-refractivity contribution in [3.63, 3.8) is 0 Å². The van der Waals surface area contributed by atoms with Crippen molar-refractivity contribution in [1.29, 1.82) is 0 Å². The lowest BCUT2D eigenvalue weighted by molar-refractivity contribution is 0.702. The van der Waals surface area contributed by atoms with Crippen LogP contribution in [0.15, 0.2) is 12.4 Å². The van der Waals surface area contributed by atoms with Crippen molar-refractivity contribution in [1.82, 2.24) is 14.8 Å². The maximum absolute atomic E-state index is 5.85. The van der Waals surface area contributed by atoms with Crippen LogP contribution in [-0.4, -0.2) is 21.8 Å². The van der Waals surface area contributed by atoms with Gasteiger partial charge in [-0.05, 0) is 12.3 Å². The van der Waals surface area contributed by atoms with E-state index in [2.05, 4.69) is 30.9 Å². The normalized spacial score (nSPS) is 12.7. The maximum atomic E-state index is 5.85. The maximum Gasteiger partial charge on any atom is 0.185 e. The van der Waals surface area contributed by atoms with E-state index in [0.29, 0.717) is 12.5 Å². The number of aryl methyl sites for hydroxylation is 1. The molecule has 0 aromatic carbocycles. The second kappa shape index (κ2) is 6.37. The number of rotatable bonds is 6. The Morgan fingerprint density at radius 1 is 1.50 bits per heavy atom. The second-order valence-electron chi connectivity index (χ2n) is 5.20. The molecule has 20 heavy (non-hydrogen) atoms. The molecule has 5 nitrogen and oxygen atoms in total. The fourth-order valence-electron chi connectivity index (χ4n) is 2.13. The topological polar surface area (TPSA) is 60.0 Å². The first-order valence-electron chi connectivity index (χ1n) is 6.93. The summed E-state index contributed by atoms with van der Waals surface area (Å²) in [5, 5.41) is 5.23. The Balaban J connectivity index is 2.17. The fourth-order valence-corrected chi connectivity index (χ4v) is 3.15. The van der Waals surface area contributed by atoms with Gasteiger partial charge in [0.1, 0.15) is 0 Å². The molecule has 0 aliphatic rings. The minimum absolute atomic E-state index is 0.463. The molecular weight excluding hydrogens is 270 g/mol. The van der Waals surface area contributed by atoms with Crippen molar-refractivity contribution in [3.05, 3.63) is 28.5 Å². The van der Waals surface area contributed by atoms with Crippen LogP contribution >= 0.6 is 11.3 Å². The van der Waals surface area contributed by atoms with E-state index in [-0.39, 0.29) is 0 Å². The molecule has 0 saturated carbocycles. The average Bonchev–Trinajstić information content (AvgIpc) is 3.04. The van der Waals surface area contributed by atoms with Crippen LogP contribution in [0.2, 0.25) is 0 Å². The van der Waals surface area contributed by atoms with Crippen LogP contribution in [0.5, 0.6) is 0 Å². The van der Waals surface area contributed by atoms with E-state index in [1.807, 2.05) is 24.1 Å². The third-order valence-electron chi connectivity index (χ3n) is 3.49. The van der Waals surface area contributed by atoms with Crippen LogP contribution in [0.3, 0.4) is 0 Å². The van der Waals surface area contributed by atoms with E-state index < -0.39 is 0 Å². The Morgan fingerprint density at radius 2 is 2.25 bits per heavy atom. The molecule has 0 bridgehead atoms. The molecule has 1 unspecified atom stereocenters. The molecule has 6 heteroatoms. The Hall–Kier alpha value is -1.40. The van der Waals surface area contributed by atoms with E-state index in [0.717, 1.165) is 23.8 Å². The summed E-state index contributed by atoms with van der Waals surface area (Å²) in [6.07, 6.45) is 5.01. The molecule has 0 aliphatic heterocycles. The highest BCUT2D eigenvalue weighted by molar-refractivity contribution is 7.15. The lowest BCUT2D eigenvalue weighted by atomic mass is 10.0. The predicted molar refractivity (Wildman–Crippen MR) is 84.0 cm³/mol. The lowest BCUT2D eigenvalue weighted by Crippen LogP contribution is -2.15. The second-order valence-corrected chi connectivity index (χ2v) is 6.26. The van der Waals surface area contributed by atoms with Gasteiger partial charge >= 0.3 is 0 Å². The first-order chi connectivity index (χ1) is 9.55. The van der Waals surface area contributed by atoms with Gasteiger partial charge in [-0.2, -0.15) is 5.10 Å². The number of thiazole rings is 1. The Morgan fingerprint density at radius 3 is 2.80 bits per heavy atom. The molecule has 2 aromatic heterocycles. The van der Waals surface area contributed by atoms with Crippen LogP contribution < -0.4 is 10.6 Å². The molecule has 0 spiro atoms. The van der Waals surface area contributed by atoms with Gasteiger partial charge in [0, 0.05) is 43.8 Å². The summed E-state index contributed by atoms with van der Waals surface area (Å²) in [4.78, 5) is 8.15. The van der Waals surface area contributed by atoms with Gasteiger partial charge in [0.25, 0.3) is 0 Å². The molecule has 0 amide bonds. The summed E-state index contributed by atoms with van der Waals surface area (Å²) in [7, 11) is 3.99. The van der Waals surface area contributed by atoms with Gasteiger partial charge < -0.3 is 10.6 Å². The third-order valence-corrected chi connectivity index (χ3v) is 4.69. The average molecular weight is 293 g/mol. The Kier molecular flexibility index (Phi) is 4.77. The van der Waals surface area contributed by atoms with Gasteiger partial charge in [-0.25, -0.2) is 4.98 Å².